The minimum atomic E-state index is -0.562. The number of amides is 1. The number of benzene rings is 1. The Hall–Kier alpha value is -3.06. The van der Waals surface area contributed by atoms with Crippen LogP contribution in [-0.2, 0) is 6.54 Å². The number of nitrogens with one attached hydrogen (secondary N) is 1. The number of nitrogens with zero attached hydrogens (tertiary/aromatic N) is 4. The summed E-state index contributed by atoms with van der Waals surface area (Å²) in [5.41, 5.74) is 2.14. The molecule has 1 saturated carbocycles. The van der Waals surface area contributed by atoms with E-state index in [1.807, 2.05) is 36.5 Å². The van der Waals surface area contributed by atoms with Crippen LogP contribution in [0.4, 0.5) is 0 Å². The Bertz CT molecular complexity index is 956. The highest BCUT2D eigenvalue weighted by atomic mass is 16.3. The number of imidazole rings is 1. The predicted molar refractivity (Wildman–Crippen MR) is 104 cm³/mol. The van der Waals surface area contributed by atoms with Crippen LogP contribution in [0.5, 0.6) is 0 Å². The summed E-state index contributed by atoms with van der Waals surface area (Å²) in [6, 6.07) is 11.4. The van der Waals surface area contributed by atoms with Gasteiger partial charge in [-0.15, -0.1) is 0 Å². The lowest BCUT2D eigenvalue weighted by molar-refractivity contribution is 0.0871. The van der Waals surface area contributed by atoms with Gasteiger partial charge in [0, 0.05) is 24.5 Å². The minimum Gasteiger partial charge on any atom is -0.391 e. The Morgan fingerprint density at radius 1 is 1.21 bits per heavy atom. The first-order valence-corrected chi connectivity index (χ1v) is 9.45. The molecule has 1 fully saturated rings. The van der Waals surface area contributed by atoms with Crippen LogP contribution >= 0.6 is 0 Å². The molecule has 2 aromatic heterocycles. The summed E-state index contributed by atoms with van der Waals surface area (Å²) in [6.45, 7) is 2.50. The standard InChI is InChI=1S/C21H23N5O2/c1-14-17(7-8-23-25-14)21(28)24-18-11-15(12-19(18)27)13-26-10-9-22-20(26)16-5-3-2-4-6-16/h2-10,15,18-19,27H,11-13H2,1H3,(H,24,28)/t15?,18-,19-/m1/s1. The van der Waals surface area contributed by atoms with Gasteiger partial charge in [0.2, 0.25) is 0 Å². The van der Waals surface area contributed by atoms with Gasteiger partial charge in [0.05, 0.1) is 29.6 Å². The highest BCUT2D eigenvalue weighted by molar-refractivity contribution is 5.95. The first-order valence-electron chi connectivity index (χ1n) is 9.45. The van der Waals surface area contributed by atoms with Gasteiger partial charge in [0.25, 0.3) is 5.91 Å². The van der Waals surface area contributed by atoms with Gasteiger partial charge in [0.15, 0.2) is 0 Å². The predicted octanol–water partition coefficient (Wildman–Crippen LogP) is 2.22. The third-order valence-corrected chi connectivity index (χ3v) is 5.30. The van der Waals surface area contributed by atoms with Crippen molar-refractivity contribution in [1.82, 2.24) is 25.1 Å². The second-order valence-electron chi connectivity index (χ2n) is 7.28. The van der Waals surface area contributed by atoms with Gasteiger partial charge < -0.3 is 15.0 Å². The first-order chi connectivity index (χ1) is 13.6. The number of hydrogen-bond donors (Lipinski definition) is 2. The summed E-state index contributed by atoms with van der Waals surface area (Å²) in [5.74, 6) is 0.958. The van der Waals surface area contributed by atoms with Gasteiger partial charge in [-0.05, 0) is 31.7 Å². The first kappa shape index (κ1) is 18.3. The van der Waals surface area contributed by atoms with Crippen molar-refractivity contribution in [3.05, 3.63) is 66.2 Å². The molecular formula is C21H23N5O2. The molecule has 2 heterocycles. The molecule has 1 aromatic carbocycles. The number of rotatable bonds is 5. The summed E-state index contributed by atoms with van der Waals surface area (Å²) >= 11 is 0. The normalized spacial score (nSPS) is 21.6. The van der Waals surface area contributed by atoms with Crippen molar-refractivity contribution in [3.8, 4) is 11.4 Å². The third kappa shape index (κ3) is 3.80. The van der Waals surface area contributed by atoms with E-state index in [1.54, 1.807) is 19.2 Å². The zero-order valence-electron chi connectivity index (χ0n) is 15.7. The topological polar surface area (TPSA) is 92.9 Å². The van der Waals surface area contributed by atoms with E-state index < -0.39 is 6.10 Å². The van der Waals surface area contributed by atoms with Gasteiger partial charge >= 0.3 is 0 Å². The highest BCUT2D eigenvalue weighted by Gasteiger charge is 2.34. The molecule has 1 unspecified atom stereocenters. The maximum absolute atomic E-state index is 12.5. The van der Waals surface area contributed by atoms with Crippen molar-refractivity contribution >= 4 is 5.91 Å². The third-order valence-electron chi connectivity index (χ3n) is 5.30. The molecule has 0 saturated heterocycles. The monoisotopic (exact) mass is 377 g/mol. The van der Waals surface area contributed by atoms with E-state index in [1.165, 1.54) is 6.20 Å². The molecule has 28 heavy (non-hydrogen) atoms. The summed E-state index contributed by atoms with van der Waals surface area (Å²) in [7, 11) is 0. The van der Waals surface area contributed by atoms with Gasteiger partial charge in [-0.2, -0.15) is 10.2 Å². The fraction of sp³-hybridized carbons (Fsp3) is 0.333. The molecule has 4 rings (SSSR count). The molecule has 2 N–H and O–H groups in total. The number of aliphatic hydroxyl groups excluding tert-OH is 1. The number of aliphatic hydroxyl groups is 1. The number of hydrogen-bond acceptors (Lipinski definition) is 5. The molecule has 0 bridgehead atoms. The number of carbonyl (C=O) groups excluding carboxylic acids is 1. The lowest BCUT2D eigenvalue weighted by atomic mass is 10.1. The quantitative estimate of drug-likeness (QED) is 0.711. The zero-order chi connectivity index (χ0) is 19.5. The Labute approximate surface area is 163 Å². The second-order valence-corrected chi connectivity index (χ2v) is 7.28. The molecule has 1 amide bonds. The molecule has 144 valence electrons. The van der Waals surface area contributed by atoms with Crippen molar-refractivity contribution in [2.45, 2.75) is 38.5 Å². The van der Waals surface area contributed by atoms with Gasteiger partial charge in [-0.25, -0.2) is 4.98 Å². The van der Waals surface area contributed by atoms with Gasteiger partial charge in [-0.3, -0.25) is 4.79 Å². The van der Waals surface area contributed by atoms with E-state index in [2.05, 4.69) is 25.1 Å². The van der Waals surface area contributed by atoms with E-state index in [9.17, 15) is 9.90 Å². The van der Waals surface area contributed by atoms with Crippen molar-refractivity contribution in [2.24, 2.45) is 5.92 Å². The molecule has 1 aliphatic carbocycles. The fourth-order valence-electron chi connectivity index (χ4n) is 3.89. The van der Waals surface area contributed by atoms with Crippen LogP contribution in [0.15, 0.2) is 55.0 Å². The minimum absolute atomic E-state index is 0.218. The molecule has 7 heteroatoms. The zero-order valence-corrected chi connectivity index (χ0v) is 15.7. The van der Waals surface area contributed by atoms with Crippen molar-refractivity contribution < 1.29 is 9.90 Å². The number of aromatic nitrogens is 4. The van der Waals surface area contributed by atoms with Crippen molar-refractivity contribution in [1.29, 1.82) is 0 Å². The van der Waals surface area contributed by atoms with Crippen molar-refractivity contribution in [2.75, 3.05) is 0 Å². The molecule has 0 aliphatic heterocycles. The second kappa shape index (κ2) is 7.90. The lowest BCUT2D eigenvalue weighted by Gasteiger charge is -2.17. The van der Waals surface area contributed by atoms with Crippen molar-refractivity contribution in [3.63, 3.8) is 0 Å². The SMILES string of the molecule is Cc1nnccc1C(=O)N[C@@H]1CC(Cn2ccnc2-c2ccccc2)C[C@H]1O. The van der Waals surface area contributed by atoms with Crippen LogP contribution in [0.3, 0.4) is 0 Å². The average molecular weight is 377 g/mol. The van der Waals surface area contributed by atoms with Crippen LogP contribution in [0.2, 0.25) is 0 Å². The summed E-state index contributed by atoms with van der Waals surface area (Å²) in [5, 5.41) is 21.1. The molecule has 3 atom stereocenters. The summed E-state index contributed by atoms with van der Waals surface area (Å²) < 4.78 is 2.12. The number of carbonyl (C=O) groups is 1. The average Bonchev–Trinajstić information content (AvgIpc) is 3.29. The molecular weight excluding hydrogens is 354 g/mol. The van der Waals surface area contributed by atoms with E-state index in [4.69, 9.17) is 0 Å². The Morgan fingerprint density at radius 2 is 2.04 bits per heavy atom. The molecule has 3 aromatic rings. The summed E-state index contributed by atoms with van der Waals surface area (Å²) in [6.07, 6.45) is 6.06. The van der Waals surface area contributed by atoms with E-state index >= 15 is 0 Å². The molecule has 1 aliphatic rings. The van der Waals surface area contributed by atoms with Gasteiger partial charge in [-0.1, -0.05) is 30.3 Å². The Kier molecular flexibility index (Phi) is 5.16. The Morgan fingerprint density at radius 3 is 2.82 bits per heavy atom. The van der Waals surface area contributed by atoms with E-state index in [0.29, 0.717) is 17.7 Å². The van der Waals surface area contributed by atoms with Gasteiger partial charge in [0.1, 0.15) is 5.82 Å². The lowest BCUT2D eigenvalue weighted by Crippen LogP contribution is -2.40. The van der Waals surface area contributed by atoms with Crippen LogP contribution in [0.1, 0.15) is 28.9 Å². The smallest absolute Gasteiger partial charge is 0.253 e. The molecule has 7 nitrogen and oxygen atoms in total. The van der Waals surface area contributed by atoms with E-state index in [0.717, 1.165) is 24.4 Å². The maximum atomic E-state index is 12.5. The molecule has 0 spiro atoms. The van der Waals surface area contributed by atoms with E-state index in [-0.39, 0.29) is 17.9 Å². The van der Waals surface area contributed by atoms with Crippen LogP contribution < -0.4 is 5.32 Å². The maximum Gasteiger partial charge on any atom is 0.253 e. The van der Waals surface area contributed by atoms with Crippen LogP contribution in [0, 0.1) is 12.8 Å². The largest absolute Gasteiger partial charge is 0.391 e. The molecule has 0 radical (unpaired) electrons. The van der Waals surface area contributed by atoms with Crippen LogP contribution in [0.25, 0.3) is 11.4 Å². The Balaban J connectivity index is 1.42. The van der Waals surface area contributed by atoms with Crippen LogP contribution in [-0.4, -0.2) is 42.9 Å². The number of aryl methyl sites for hydroxylation is 1. The fourth-order valence-corrected chi connectivity index (χ4v) is 3.89. The highest BCUT2D eigenvalue weighted by Crippen LogP contribution is 2.29. The summed E-state index contributed by atoms with van der Waals surface area (Å²) in [4.78, 5) is 17.0.